The summed E-state index contributed by atoms with van der Waals surface area (Å²) >= 11 is 0. The summed E-state index contributed by atoms with van der Waals surface area (Å²) in [6.07, 6.45) is 0.924. The van der Waals surface area contributed by atoms with Crippen LogP contribution >= 0.6 is 0 Å². The first-order valence-electron chi connectivity index (χ1n) is 14.0. The van der Waals surface area contributed by atoms with Crippen LogP contribution in [0.1, 0.15) is 49.7 Å². The van der Waals surface area contributed by atoms with Gasteiger partial charge in [0.1, 0.15) is 11.5 Å². The molecule has 0 aromatic heterocycles. The van der Waals surface area contributed by atoms with Gasteiger partial charge in [0, 0.05) is 40.6 Å². The molecule has 1 aliphatic heterocycles. The SMILES string of the molecule is CCOc1cccc([C@H]2C(C(=O)Nc3ccc(OC)cc3)=C(C)NC3=C2C(=O)C[C@H](c2ccc(OC)c(OC)c2)C3)c1. The number of carbonyl (C=O) groups is 2. The monoisotopic (exact) mass is 568 g/mol. The van der Waals surface area contributed by atoms with Gasteiger partial charge in [-0.1, -0.05) is 18.2 Å². The van der Waals surface area contributed by atoms with E-state index in [2.05, 4.69) is 10.6 Å². The summed E-state index contributed by atoms with van der Waals surface area (Å²) in [5, 5.41) is 6.46. The Balaban J connectivity index is 1.54. The normalized spacial score (nSPS) is 18.2. The minimum atomic E-state index is -0.557. The fourth-order valence-corrected chi connectivity index (χ4v) is 5.84. The fraction of sp³-hybridized carbons (Fsp3) is 0.294. The third kappa shape index (κ3) is 5.70. The number of carbonyl (C=O) groups excluding carboxylic acids is 2. The van der Waals surface area contributed by atoms with Crippen LogP contribution in [0.25, 0.3) is 0 Å². The smallest absolute Gasteiger partial charge is 0.254 e. The van der Waals surface area contributed by atoms with Gasteiger partial charge < -0.3 is 29.6 Å². The van der Waals surface area contributed by atoms with Crippen molar-refractivity contribution < 1.29 is 28.5 Å². The molecule has 8 heteroatoms. The second-order valence-corrected chi connectivity index (χ2v) is 10.3. The molecule has 5 rings (SSSR count). The van der Waals surface area contributed by atoms with Crippen molar-refractivity contribution in [2.45, 2.75) is 38.5 Å². The maximum absolute atomic E-state index is 14.0. The van der Waals surface area contributed by atoms with Crippen LogP contribution in [0.5, 0.6) is 23.0 Å². The van der Waals surface area contributed by atoms with Crippen LogP contribution in [0.3, 0.4) is 0 Å². The minimum absolute atomic E-state index is 0.00223. The van der Waals surface area contributed by atoms with Crippen molar-refractivity contribution in [1.82, 2.24) is 5.32 Å². The molecule has 1 heterocycles. The maximum Gasteiger partial charge on any atom is 0.254 e. The molecule has 2 N–H and O–H groups in total. The quantitative estimate of drug-likeness (QED) is 0.322. The van der Waals surface area contributed by atoms with Crippen molar-refractivity contribution in [1.29, 1.82) is 0 Å². The van der Waals surface area contributed by atoms with Gasteiger partial charge in [-0.05, 0) is 85.8 Å². The average Bonchev–Trinajstić information content (AvgIpc) is 3.00. The van der Waals surface area contributed by atoms with Gasteiger partial charge in [0.2, 0.25) is 0 Å². The van der Waals surface area contributed by atoms with Gasteiger partial charge in [-0.15, -0.1) is 0 Å². The van der Waals surface area contributed by atoms with Crippen LogP contribution in [-0.2, 0) is 9.59 Å². The molecule has 2 atom stereocenters. The van der Waals surface area contributed by atoms with Crippen molar-refractivity contribution in [2.75, 3.05) is 33.3 Å². The molecular formula is C34H36N2O6. The first-order valence-corrected chi connectivity index (χ1v) is 14.0. The summed E-state index contributed by atoms with van der Waals surface area (Å²) < 4.78 is 22.0. The average molecular weight is 569 g/mol. The highest BCUT2D eigenvalue weighted by Crippen LogP contribution is 2.47. The fourth-order valence-electron chi connectivity index (χ4n) is 5.84. The number of benzene rings is 3. The maximum atomic E-state index is 14.0. The van der Waals surface area contributed by atoms with Crippen molar-refractivity contribution in [3.63, 3.8) is 0 Å². The van der Waals surface area contributed by atoms with Crippen molar-refractivity contribution in [2.24, 2.45) is 0 Å². The largest absolute Gasteiger partial charge is 0.497 e. The molecule has 0 fully saturated rings. The van der Waals surface area contributed by atoms with Crippen LogP contribution in [0.4, 0.5) is 5.69 Å². The molecule has 0 bridgehead atoms. The standard InChI is InChI=1S/C34H36N2O6/c1-6-42-26-9-7-8-22(16-26)32-31(34(38)36-24-11-13-25(39-3)14-12-24)20(2)35-27-17-23(18-28(37)33(27)32)21-10-15-29(40-4)30(19-21)41-5/h7-16,19,23,32,35H,6,17-18H2,1-5H3,(H,36,38)/t23-,32+/m1/s1. The van der Waals surface area contributed by atoms with E-state index in [0.717, 1.165) is 16.8 Å². The molecule has 2 aliphatic rings. The van der Waals surface area contributed by atoms with Crippen LogP contribution < -0.4 is 29.6 Å². The zero-order valence-electron chi connectivity index (χ0n) is 24.6. The van der Waals surface area contributed by atoms with Gasteiger partial charge in [0.25, 0.3) is 5.91 Å². The van der Waals surface area contributed by atoms with E-state index in [1.807, 2.05) is 56.3 Å². The van der Waals surface area contributed by atoms with Crippen LogP contribution in [0, 0.1) is 0 Å². The molecule has 0 saturated carbocycles. The Morgan fingerprint density at radius 1 is 0.881 bits per heavy atom. The van der Waals surface area contributed by atoms with Crippen LogP contribution in [0.2, 0.25) is 0 Å². The number of nitrogens with one attached hydrogen (secondary N) is 2. The molecule has 218 valence electrons. The molecule has 1 aliphatic carbocycles. The zero-order valence-corrected chi connectivity index (χ0v) is 24.6. The minimum Gasteiger partial charge on any atom is -0.497 e. The number of hydrogen-bond acceptors (Lipinski definition) is 7. The molecule has 42 heavy (non-hydrogen) atoms. The van der Waals surface area contributed by atoms with Gasteiger partial charge in [0.15, 0.2) is 17.3 Å². The number of amides is 1. The first-order chi connectivity index (χ1) is 20.4. The second kappa shape index (κ2) is 12.4. The molecule has 0 radical (unpaired) electrons. The molecule has 8 nitrogen and oxygen atoms in total. The molecule has 1 amide bonds. The van der Waals surface area contributed by atoms with E-state index in [0.29, 0.717) is 65.0 Å². The first kappa shape index (κ1) is 28.8. The highest BCUT2D eigenvalue weighted by Gasteiger charge is 2.41. The summed E-state index contributed by atoms with van der Waals surface area (Å²) in [6.45, 7) is 4.32. The van der Waals surface area contributed by atoms with Crippen LogP contribution in [0.15, 0.2) is 89.3 Å². The van der Waals surface area contributed by atoms with E-state index in [1.165, 1.54) is 0 Å². The Kier molecular flexibility index (Phi) is 8.52. The van der Waals surface area contributed by atoms with Gasteiger partial charge in [-0.25, -0.2) is 0 Å². The van der Waals surface area contributed by atoms with Crippen molar-refractivity contribution in [3.8, 4) is 23.0 Å². The van der Waals surface area contributed by atoms with E-state index in [9.17, 15) is 9.59 Å². The Bertz CT molecular complexity index is 1560. The number of allylic oxidation sites excluding steroid dienone is 3. The number of anilines is 1. The summed E-state index contributed by atoms with van der Waals surface area (Å²) in [4.78, 5) is 27.9. The van der Waals surface area contributed by atoms with E-state index >= 15 is 0 Å². The number of methoxy groups -OCH3 is 3. The highest BCUT2D eigenvalue weighted by atomic mass is 16.5. The van der Waals surface area contributed by atoms with Gasteiger partial charge >= 0.3 is 0 Å². The molecule has 3 aromatic carbocycles. The number of hydrogen-bond donors (Lipinski definition) is 2. The van der Waals surface area contributed by atoms with Crippen molar-refractivity contribution >= 4 is 17.4 Å². The lowest BCUT2D eigenvalue weighted by atomic mass is 9.71. The number of ether oxygens (including phenoxy) is 4. The van der Waals surface area contributed by atoms with E-state index < -0.39 is 5.92 Å². The Hall–Kier alpha value is -4.72. The topological polar surface area (TPSA) is 95.1 Å². The lowest BCUT2D eigenvalue weighted by Gasteiger charge is -2.37. The molecule has 0 saturated heterocycles. The lowest BCUT2D eigenvalue weighted by molar-refractivity contribution is -0.116. The number of rotatable bonds is 9. The molecule has 3 aromatic rings. The van der Waals surface area contributed by atoms with Crippen LogP contribution in [-0.4, -0.2) is 39.6 Å². The summed E-state index contributed by atoms with van der Waals surface area (Å²) in [5.74, 6) is 1.75. The Morgan fingerprint density at radius 3 is 2.33 bits per heavy atom. The van der Waals surface area contributed by atoms with E-state index in [4.69, 9.17) is 18.9 Å². The second-order valence-electron chi connectivity index (χ2n) is 10.3. The Morgan fingerprint density at radius 2 is 1.64 bits per heavy atom. The van der Waals surface area contributed by atoms with E-state index in [-0.39, 0.29) is 17.6 Å². The predicted molar refractivity (Wildman–Crippen MR) is 161 cm³/mol. The molecule has 0 spiro atoms. The number of Topliss-reactive ketones (excluding diaryl/α,β-unsaturated/α-hetero) is 1. The predicted octanol–water partition coefficient (Wildman–Crippen LogP) is 6.11. The third-order valence-corrected chi connectivity index (χ3v) is 7.80. The summed E-state index contributed by atoms with van der Waals surface area (Å²) in [6, 6.07) is 20.6. The highest BCUT2D eigenvalue weighted by molar-refractivity contribution is 6.10. The number of dihydropyridines is 1. The molecule has 0 unspecified atom stereocenters. The van der Waals surface area contributed by atoms with Gasteiger partial charge in [-0.3, -0.25) is 9.59 Å². The third-order valence-electron chi connectivity index (χ3n) is 7.80. The molecular weight excluding hydrogens is 532 g/mol. The lowest BCUT2D eigenvalue weighted by Crippen LogP contribution is -2.37. The zero-order chi connectivity index (χ0) is 29.8. The van der Waals surface area contributed by atoms with Gasteiger partial charge in [-0.2, -0.15) is 0 Å². The van der Waals surface area contributed by atoms with Crippen molar-refractivity contribution in [3.05, 3.63) is 100 Å². The summed E-state index contributed by atoms with van der Waals surface area (Å²) in [7, 11) is 4.80. The number of ketones is 1. The summed E-state index contributed by atoms with van der Waals surface area (Å²) in [5.41, 5.74) is 5.10. The van der Waals surface area contributed by atoms with E-state index in [1.54, 1.807) is 45.6 Å². The Labute approximate surface area is 246 Å². The van der Waals surface area contributed by atoms with Gasteiger partial charge in [0.05, 0.1) is 27.9 Å².